The van der Waals surface area contributed by atoms with Gasteiger partial charge in [-0.25, -0.2) is 0 Å². The Kier molecular flexibility index (Phi) is 4.70. The van der Waals surface area contributed by atoms with Gasteiger partial charge in [0.15, 0.2) is 0 Å². The van der Waals surface area contributed by atoms with Gasteiger partial charge in [0.1, 0.15) is 0 Å². The highest BCUT2D eigenvalue weighted by atomic mass is 16.3. The van der Waals surface area contributed by atoms with Crippen LogP contribution in [0.4, 0.5) is 0 Å². The molecule has 0 spiro atoms. The van der Waals surface area contributed by atoms with E-state index in [0.29, 0.717) is 0 Å². The Morgan fingerprint density at radius 3 is 2.54 bits per heavy atom. The van der Waals surface area contributed by atoms with E-state index in [2.05, 4.69) is 16.8 Å². The summed E-state index contributed by atoms with van der Waals surface area (Å²) in [6, 6.07) is 0. The van der Waals surface area contributed by atoms with Crippen LogP contribution in [0.2, 0.25) is 0 Å². The zero-order chi connectivity index (χ0) is 9.68. The highest BCUT2D eigenvalue weighted by molar-refractivity contribution is 4.67. The Labute approximate surface area is 81.3 Å². The standard InChI is InChI=1S/C10H22N2O/c1-10(13)9-11(2)7-8-12-5-3-4-6-12/h10,13H,3-9H2,1-2H3/t10-/m0/s1. The van der Waals surface area contributed by atoms with Crippen molar-refractivity contribution in [3.8, 4) is 0 Å². The maximum Gasteiger partial charge on any atom is 0.0638 e. The summed E-state index contributed by atoms with van der Waals surface area (Å²) in [5.41, 5.74) is 0. The van der Waals surface area contributed by atoms with Crippen LogP contribution in [0.5, 0.6) is 0 Å². The third kappa shape index (κ3) is 4.60. The van der Waals surface area contributed by atoms with Crippen LogP contribution < -0.4 is 0 Å². The number of rotatable bonds is 5. The van der Waals surface area contributed by atoms with E-state index >= 15 is 0 Å². The van der Waals surface area contributed by atoms with Gasteiger partial charge in [-0.15, -0.1) is 0 Å². The molecule has 0 aliphatic carbocycles. The minimum Gasteiger partial charge on any atom is -0.392 e. The second-order valence-electron chi connectivity index (χ2n) is 4.16. The summed E-state index contributed by atoms with van der Waals surface area (Å²) in [5.74, 6) is 0. The van der Waals surface area contributed by atoms with Crippen molar-refractivity contribution in [1.82, 2.24) is 9.80 Å². The number of likely N-dealkylation sites (N-methyl/N-ethyl adjacent to an activating group) is 1. The fraction of sp³-hybridized carbons (Fsp3) is 1.00. The lowest BCUT2D eigenvalue weighted by Crippen LogP contribution is -2.34. The molecule has 0 bridgehead atoms. The molecule has 13 heavy (non-hydrogen) atoms. The van der Waals surface area contributed by atoms with Gasteiger partial charge >= 0.3 is 0 Å². The molecule has 78 valence electrons. The monoisotopic (exact) mass is 186 g/mol. The Morgan fingerprint density at radius 1 is 1.38 bits per heavy atom. The van der Waals surface area contributed by atoms with Crippen LogP contribution >= 0.6 is 0 Å². The van der Waals surface area contributed by atoms with E-state index in [1.54, 1.807) is 0 Å². The smallest absolute Gasteiger partial charge is 0.0638 e. The van der Waals surface area contributed by atoms with Crippen LogP contribution in [0, 0.1) is 0 Å². The lowest BCUT2D eigenvalue weighted by Gasteiger charge is -2.22. The fourth-order valence-electron chi connectivity index (χ4n) is 1.86. The molecule has 0 amide bonds. The van der Waals surface area contributed by atoms with E-state index < -0.39 is 0 Å². The normalized spacial score (nSPS) is 21.2. The topological polar surface area (TPSA) is 26.7 Å². The average molecular weight is 186 g/mol. The predicted octanol–water partition coefficient (Wildman–Crippen LogP) is 0.395. The summed E-state index contributed by atoms with van der Waals surface area (Å²) in [5, 5.41) is 9.16. The van der Waals surface area contributed by atoms with Crippen molar-refractivity contribution in [3.05, 3.63) is 0 Å². The molecule has 1 rings (SSSR count). The lowest BCUT2D eigenvalue weighted by atomic mass is 10.3. The Morgan fingerprint density at radius 2 is 2.00 bits per heavy atom. The molecule has 1 saturated heterocycles. The number of aliphatic hydroxyl groups excluding tert-OH is 1. The third-order valence-corrected chi connectivity index (χ3v) is 2.57. The van der Waals surface area contributed by atoms with Crippen molar-refractivity contribution in [1.29, 1.82) is 0 Å². The number of hydrogen-bond donors (Lipinski definition) is 1. The molecule has 3 nitrogen and oxygen atoms in total. The van der Waals surface area contributed by atoms with Crippen LogP contribution in [-0.2, 0) is 0 Å². The van der Waals surface area contributed by atoms with Crippen LogP contribution in [0.1, 0.15) is 19.8 Å². The molecule has 0 aromatic rings. The van der Waals surface area contributed by atoms with Crippen molar-refractivity contribution in [3.63, 3.8) is 0 Å². The van der Waals surface area contributed by atoms with Crippen molar-refractivity contribution in [2.45, 2.75) is 25.9 Å². The molecular formula is C10H22N2O. The maximum atomic E-state index is 9.16. The summed E-state index contributed by atoms with van der Waals surface area (Å²) in [6.07, 6.45) is 2.52. The lowest BCUT2D eigenvalue weighted by molar-refractivity contribution is 0.134. The van der Waals surface area contributed by atoms with Gasteiger partial charge < -0.3 is 14.9 Å². The van der Waals surface area contributed by atoms with Gasteiger partial charge in [-0.05, 0) is 39.9 Å². The minimum atomic E-state index is -0.205. The Bertz CT molecular complexity index is 133. The van der Waals surface area contributed by atoms with Gasteiger partial charge in [0.2, 0.25) is 0 Å². The number of aliphatic hydroxyl groups is 1. The summed E-state index contributed by atoms with van der Waals surface area (Å²) in [6.45, 7) is 7.39. The first kappa shape index (κ1) is 11.0. The van der Waals surface area contributed by atoms with Crippen LogP contribution in [0.15, 0.2) is 0 Å². The van der Waals surface area contributed by atoms with E-state index in [9.17, 15) is 0 Å². The quantitative estimate of drug-likeness (QED) is 0.673. The van der Waals surface area contributed by atoms with Gasteiger partial charge in [0.05, 0.1) is 6.10 Å². The van der Waals surface area contributed by atoms with Crippen molar-refractivity contribution >= 4 is 0 Å². The SMILES string of the molecule is C[C@H](O)CN(C)CCN1CCCC1. The first-order valence-corrected chi connectivity index (χ1v) is 5.27. The first-order valence-electron chi connectivity index (χ1n) is 5.27. The molecule has 0 aromatic heterocycles. The minimum absolute atomic E-state index is 0.205. The number of nitrogens with zero attached hydrogens (tertiary/aromatic N) is 2. The zero-order valence-electron chi connectivity index (χ0n) is 8.87. The largest absolute Gasteiger partial charge is 0.392 e. The highest BCUT2D eigenvalue weighted by Crippen LogP contribution is 2.06. The molecule has 1 aliphatic heterocycles. The summed E-state index contributed by atoms with van der Waals surface area (Å²) < 4.78 is 0. The molecule has 1 fully saturated rings. The molecule has 0 radical (unpaired) electrons. The second-order valence-corrected chi connectivity index (χ2v) is 4.16. The van der Waals surface area contributed by atoms with Crippen molar-refractivity contribution in [2.75, 3.05) is 39.8 Å². The number of likely N-dealkylation sites (tertiary alicyclic amines) is 1. The summed E-state index contributed by atoms with van der Waals surface area (Å²) >= 11 is 0. The molecule has 0 aromatic carbocycles. The Balaban J connectivity index is 2.03. The Hall–Kier alpha value is -0.120. The third-order valence-electron chi connectivity index (χ3n) is 2.57. The molecule has 0 unspecified atom stereocenters. The summed E-state index contributed by atoms with van der Waals surface area (Å²) in [7, 11) is 2.07. The molecule has 0 saturated carbocycles. The molecule has 3 heteroatoms. The summed E-state index contributed by atoms with van der Waals surface area (Å²) in [4.78, 5) is 4.70. The van der Waals surface area contributed by atoms with Gasteiger partial charge in [-0.1, -0.05) is 0 Å². The fourth-order valence-corrected chi connectivity index (χ4v) is 1.86. The van der Waals surface area contributed by atoms with Crippen LogP contribution in [-0.4, -0.2) is 60.8 Å². The maximum absolute atomic E-state index is 9.16. The van der Waals surface area contributed by atoms with E-state index in [-0.39, 0.29) is 6.10 Å². The zero-order valence-corrected chi connectivity index (χ0v) is 8.87. The molecule has 1 aliphatic rings. The van der Waals surface area contributed by atoms with Crippen LogP contribution in [0.3, 0.4) is 0 Å². The average Bonchev–Trinajstić information content (AvgIpc) is 2.51. The molecule has 1 heterocycles. The molecule has 1 atom stereocenters. The van der Waals surface area contributed by atoms with Gasteiger partial charge in [0.25, 0.3) is 0 Å². The van der Waals surface area contributed by atoms with Gasteiger partial charge in [-0.2, -0.15) is 0 Å². The van der Waals surface area contributed by atoms with Crippen molar-refractivity contribution < 1.29 is 5.11 Å². The first-order chi connectivity index (χ1) is 6.18. The number of hydrogen-bond acceptors (Lipinski definition) is 3. The van der Waals surface area contributed by atoms with E-state index in [1.807, 2.05) is 6.92 Å². The molecule has 1 N–H and O–H groups in total. The van der Waals surface area contributed by atoms with Gasteiger partial charge in [-0.3, -0.25) is 0 Å². The molecular weight excluding hydrogens is 164 g/mol. The predicted molar refractivity (Wildman–Crippen MR) is 54.9 cm³/mol. The van der Waals surface area contributed by atoms with Crippen LogP contribution in [0.25, 0.3) is 0 Å². The van der Waals surface area contributed by atoms with Crippen molar-refractivity contribution in [2.24, 2.45) is 0 Å². The van der Waals surface area contributed by atoms with E-state index in [1.165, 1.54) is 25.9 Å². The van der Waals surface area contributed by atoms with E-state index in [0.717, 1.165) is 19.6 Å². The van der Waals surface area contributed by atoms with Gasteiger partial charge in [0, 0.05) is 19.6 Å². The second kappa shape index (κ2) is 5.58. The highest BCUT2D eigenvalue weighted by Gasteiger charge is 2.11. The van der Waals surface area contributed by atoms with E-state index in [4.69, 9.17) is 5.11 Å².